The highest BCUT2D eigenvalue weighted by atomic mass is 35.5. The molecule has 0 saturated carbocycles. The van der Waals surface area contributed by atoms with Crippen LogP contribution in [0, 0.1) is 0 Å². The molecule has 0 radical (unpaired) electrons. The number of hydrogen-bond acceptors (Lipinski definition) is 4. The lowest BCUT2D eigenvalue weighted by atomic mass is 9.86. The maximum Gasteiger partial charge on any atom is 0.374 e. The predicted octanol–water partition coefficient (Wildman–Crippen LogP) is 4.75. The molecule has 0 spiro atoms. The normalized spacial score (nSPS) is 11.7. The third-order valence-electron chi connectivity index (χ3n) is 3.59. The lowest BCUT2D eigenvalue weighted by Crippen LogP contribution is -2.23. The van der Waals surface area contributed by atoms with E-state index in [1.54, 1.807) is 36.4 Å². The molecule has 2 aromatic carbocycles. The number of rotatable bonds is 6. The van der Waals surface area contributed by atoms with E-state index in [-0.39, 0.29) is 17.2 Å². The molecule has 2 rings (SSSR count). The molecule has 0 aliphatic carbocycles. The Morgan fingerprint density at radius 1 is 0.960 bits per heavy atom. The van der Waals surface area contributed by atoms with Gasteiger partial charge in [-0.15, -0.1) is 0 Å². The smallest absolute Gasteiger partial charge is 0.374 e. The van der Waals surface area contributed by atoms with Crippen molar-refractivity contribution in [2.45, 2.75) is 12.3 Å². The van der Waals surface area contributed by atoms with E-state index in [1.165, 1.54) is 6.07 Å². The number of methoxy groups -OCH3 is 1. The van der Waals surface area contributed by atoms with Gasteiger partial charge in [0.1, 0.15) is 0 Å². The van der Waals surface area contributed by atoms with Gasteiger partial charge in [0.25, 0.3) is 0 Å². The molecular weight excluding hydrogens is 387 g/mol. The van der Waals surface area contributed by atoms with Crippen LogP contribution < -0.4 is 0 Å². The Balaban J connectivity index is 2.44. The first-order valence-electron chi connectivity index (χ1n) is 7.19. The first kappa shape index (κ1) is 19.4. The van der Waals surface area contributed by atoms with Crippen LogP contribution >= 0.6 is 34.8 Å². The summed E-state index contributed by atoms with van der Waals surface area (Å²) in [5.74, 6) is -3.14. The summed E-state index contributed by atoms with van der Waals surface area (Å²) in [5, 5.41) is 1.10. The third kappa shape index (κ3) is 4.82. The van der Waals surface area contributed by atoms with Gasteiger partial charge in [-0.3, -0.25) is 9.59 Å². The summed E-state index contributed by atoms with van der Waals surface area (Å²) in [6.07, 6.45) is -0.366. The highest BCUT2D eigenvalue weighted by Crippen LogP contribution is 2.32. The van der Waals surface area contributed by atoms with E-state index in [2.05, 4.69) is 4.74 Å². The average Bonchev–Trinajstić information content (AvgIpc) is 2.59. The monoisotopic (exact) mass is 398 g/mol. The molecule has 0 heterocycles. The van der Waals surface area contributed by atoms with E-state index in [4.69, 9.17) is 34.8 Å². The van der Waals surface area contributed by atoms with Crippen molar-refractivity contribution >= 4 is 52.3 Å². The van der Waals surface area contributed by atoms with Crippen LogP contribution in [0.15, 0.2) is 42.5 Å². The molecule has 0 aliphatic rings. The Labute approximate surface area is 159 Å². The Hall–Kier alpha value is -1.88. The maximum absolute atomic E-state index is 12.9. The summed E-state index contributed by atoms with van der Waals surface area (Å²) in [6, 6.07) is 10.8. The van der Waals surface area contributed by atoms with Crippen LogP contribution in [-0.4, -0.2) is 24.6 Å². The number of Topliss-reactive ketones (excluding diaryl/α,β-unsaturated/α-hetero) is 2. The number of carbonyl (C=O) groups excluding carboxylic acids is 3. The molecule has 0 amide bonds. The molecule has 130 valence electrons. The fourth-order valence-corrected chi connectivity index (χ4v) is 2.99. The summed E-state index contributed by atoms with van der Waals surface area (Å²) >= 11 is 17.9. The van der Waals surface area contributed by atoms with E-state index >= 15 is 0 Å². The topological polar surface area (TPSA) is 60.4 Å². The van der Waals surface area contributed by atoms with Crippen LogP contribution in [-0.2, 0) is 14.3 Å². The van der Waals surface area contributed by atoms with Crippen molar-refractivity contribution in [3.63, 3.8) is 0 Å². The standard InChI is InChI=1S/C18H13Cl3O4/c1-25-18(24)16(22)9-14(13-7-6-12(20)8-15(13)21)17(23)10-2-4-11(19)5-3-10/h2-8,14H,9H2,1H3. The largest absolute Gasteiger partial charge is 0.463 e. The number of ether oxygens (including phenoxy) is 1. The van der Waals surface area contributed by atoms with Crippen molar-refractivity contribution in [1.82, 2.24) is 0 Å². The molecule has 4 nitrogen and oxygen atoms in total. The zero-order chi connectivity index (χ0) is 18.6. The molecule has 0 N–H and O–H groups in total. The molecule has 0 aromatic heterocycles. The molecule has 0 fully saturated rings. The Kier molecular flexibility index (Phi) is 6.59. The molecule has 0 bridgehead atoms. The molecular formula is C18H13Cl3O4. The molecule has 0 saturated heterocycles. The Morgan fingerprint density at radius 3 is 2.12 bits per heavy atom. The number of ketones is 2. The van der Waals surface area contributed by atoms with Crippen molar-refractivity contribution in [2.24, 2.45) is 0 Å². The molecule has 7 heteroatoms. The summed E-state index contributed by atoms with van der Waals surface area (Å²) in [4.78, 5) is 36.4. The minimum atomic E-state index is -1.01. The maximum atomic E-state index is 12.9. The molecule has 1 unspecified atom stereocenters. The van der Waals surface area contributed by atoms with Crippen molar-refractivity contribution < 1.29 is 19.1 Å². The van der Waals surface area contributed by atoms with Gasteiger partial charge in [0.05, 0.1) is 13.0 Å². The number of esters is 1. The zero-order valence-electron chi connectivity index (χ0n) is 13.1. The summed E-state index contributed by atoms with van der Waals surface area (Å²) < 4.78 is 4.43. The van der Waals surface area contributed by atoms with E-state index in [0.29, 0.717) is 21.2 Å². The summed E-state index contributed by atoms with van der Waals surface area (Å²) in [7, 11) is 1.10. The van der Waals surface area contributed by atoms with Gasteiger partial charge in [-0.2, -0.15) is 0 Å². The highest BCUT2D eigenvalue weighted by molar-refractivity contribution is 6.36. The highest BCUT2D eigenvalue weighted by Gasteiger charge is 2.29. The van der Waals surface area contributed by atoms with Crippen molar-refractivity contribution in [3.8, 4) is 0 Å². The van der Waals surface area contributed by atoms with Crippen molar-refractivity contribution in [1.29, 1.82) is 0 Å². The van der Waals surface area contributed by atoms with Gasteiger partial charge in [0.2, 0.25) is 5.78 Å². The van der Waals surface area contributed by atoms with Crippen LogP contribution in [0.1, 0.15) is 28.3 Å². The Morgan fingerprint density at radius 2 is 1.56 bits per heavy atom. The summed E-state index contributed by atoms with van der Waals surface area (Å²) in [5.41, 5.74) is 0.751. The first-order chi connectivity index (χ1) is 11.8. The average molecular weight is 400 g/mol. The van der Waals surface area contributed by atoms with Gasteiger partial charge < -0.3 is 4.74 Å². The second kappa shape index (κ2) is 8.48. The lowest BCUT2D eigenvalue weighted by molar-refractivity contribution is -0.151. The second-order valence-corrected chi connectivity index (χ2v) is 6.49. The fourth-order valence-electron chi connectivity index (χ4n) is 2.33. The minimum Gasteiger partial charge on any atom is -0.463 e. The quantitative estimate of drug-likeness (QED) is 0.400. The number of benzene rings is 2. The Bertz CT molecular complexity index is 816. The first-order valence-corrected chi connectivity index (χ1v) is 8.32. The number of hydrogen-bond donors (Lipinski definition) is 0. The molecule has 2 aromatic rings. The van der Waals surface area contributed by atoms with E-state index in [0.717, 1.165) is 7.11 Å². The zero-order valence-corrected chi connectivity index (χ0v) is 15.4. The third-order valence-corrected chi connectivity index (χ3v) is 4.40. The van der Waals surface area contributed by atoms with E-state index in [1.807, 2.05) is 0 Å². The predicted molar refractivity (Wildman–Crippen MR) is 96.6 cm³/mol. The van der Waals surface area contributed by atoms with Gasteiger partial charge in [0, 0.05) is 27.1 Å². The van der Waals surface area contributed by atoms with Crippen molar-refractivity contribution in [2.75, 3.05) is 7.11 Å². The van der Waals surface area contributed by atoms with E-state index < -0.39 is 17.7 Å². The molecule has 25 heavy (non-hydrogen) atoms. The van der Waals surface area contributed by atoms with Crippen LogP contribution in [0.3, 0.4) is 0 Å². The van der Waals surface area contributed by atoms with Crippen molar-refractivity contribution in [3.05, 3.63) is 68.7 Å². The van der Waals surface area contributed by atoms with E-state index in [9.17, 15) is 14.4 Å². The number of carbonyl (C=O) groups is 3. The molecule has 1 atom stereocenters. The lowest BCUT2D eigenvalue weighted by Gasteiger charge is -2.17. The van der Waals surface area contributed by atoms with Crippen LogP contribution in [0.5, 0.6) is 0 Å². The minimum absolute atomic E-state index is 0.234. The van der Waals surface area contributed by atoms with Gasteiger partial charge in [-0.1, -0.05) is 40.9 Å². The SMILES string of the molecule is COC(=O)C(=O)CC(C(=O)c1ccc(Cl)cc1)c1ccc(Cl)cc1Cl. The van der Waals surface area contributed by atoms with Gasteiger partial charge in [-0.25, -0.2) is 4.79 Å². The van der Waals surface area contributed by atoms with Gasteiger partial charge >= 0.3 is 5.97 Å². The second-order valence-electron chi connectivity index (χ2n) is 5.21. The van der Waals surface area contributed by atoms with Gasteiger partial charge in [-0.05, 0) is 42.0 Å². The number of halogens is 3. The van der Waals surface area contributed by atoms with Gasteiger partial charge in [0.15, 0.2) is 5.78 Å². The molecule has 0 aliphatic heterocycles. The van der Waals surface area contributed by atoms with Crippen LogP contribution in [0.2, 0.25) is 15.1 Å². The fraction of sp³-hybridized carbons (Fsp3) is 0.167. The van der Waals surface area contributed by atoms with Crippen LogP contribution in [0.25, 0.3) is 0 Å². The summed E-state index contributed by atoms with van der Waals surface area (Å²) in [6.45, 7) is 0. The van der Waals surface area contributed by atoms with Crippen LogP contribution in [0.4, 0.5) is 0 Å².